The molecule has 0 aliphatic carbocycles. The summed E-state index contributed by atoms with van der Waals surface area (Å²) in [5, 5.41) is 13.9. The molecule has 0 fully saturated rings. The van der Waals surface area contributed by atoms with Crippen LogP contribution < -0.4 is 10.6 Å². The summed E-state index contributed by atoms with van der Waals surface area (Å²) in [6.07, 6.45) is 0.434. The van der Waals surface area contributed by atoms with Crippen LogP contribution in [0.3, 0.4) is 0 Å². The first-order valence-corrected chi connectivity index (χ1v) is 8.52. The minimum Gasteiger partial charge on any atom is -0.377 e. The maximum Gasteiger partial charge on any atom is 0.320 e. The molecule has 2 amide bonds. The Hall–Kier alpha value is -3.20. The minimum absolute atomic E-state index is 0.293. The van der Waals surface area contributed by atoms with Crippen molar-refractivity contribution in [3.05, 3.63) is 47.6 Å². The number of anilines is 1. The average molecular weight is 370 g/mol. The fourth-order valence-electron chi connectivity index (χ4n) is 2.69. The highest BCUT2D eigenvalue weighted by molar-refractivity contribution is 5.90. The van der Waals surface area contributed by atoms with Crippen LogP contribution in [0, 0.1) is 6.92 Å². The molecular formula is C18H22N6O3. The van der Waals surface area contributed by atoms with E-state index >= 15 is 0 Å². The number of carbonyl (C=O) groups is 1. The predicted octanol–water partition coefficient (Wildman–Crippen LogP) is 2.29. The van der Waals surface area contributed by atoms with Crippen molar-refractivity contribution in [1.82, 2.24) is 25.2 Å². The largest absolute Gasteiger partial charge is 0.377 e. The van der Waals surface area contributed by atoms with Crippen molar-refractivity contribution in [3.63, 3.8) is 0 Å². The number of aryl methyl sites for hydroxylation is 1. The molecule has 3 aromatic rings. The first-order valence-electron chi connectivity index (χ1n) is 8.52. The zero-order valence-electron chi connectivity index (χ0n) is 15.5. The van der Waals surface area contributed by atoms with Gasteiger partial charge < -0.3 is 14.6 Å². The standard InChI is InChI=1S/C18H22N6O3/c1-12-16(13-7-5-4-6-8-13)22-24(2)17(12)21-18(25)19-10-9-15-20-14(11-26-3)23-27-15/h4-8H,9-11H2,1-3H3,(H2,19,21,25). The molecule has 0 unspecified atom stereocenters. The molecule has 0 atom stereocenters. The topological polar surface area (TPSA) is 107 Å². The summed E-state index contributed by atoms with van der Waals surface area (Å²) < 4.78 is 11.7. The zero-order chi connectivity index (χ0) is 19.2. The molecule has 0 saturated carbocycles. The Morgan fingerprint density at radius 1 is 1.30 bits per heavy atom. The Morgan fingerprint density at radius 2 is 2.07 bits per heavy atom. The maximum absolute atomic E-state index is 12.2. The van der Waals surface area contributed by atoms with Gasteiger partial charge in [0.25, 0.3) is 0 Å². The number of amides is 2. The molecule has 27 heavy (non-hydrogen) atoms. The van der Waals surface area contributed by atoms with Gasteiger partial charge in [-0.1, -0.05) is 35.5 Å². The minimum atomic E-state index is -0.322. The SMILES string of the molecule is COCc1noc(CCNC(=O)Nc2c(C)c(-c3ccccc3)nn2C)n1. The molecule has 3 rings (SSSR count). The summed E-state index contributed by atoms with van der Waals surface area (Å²) in [5.74, 6) is 1.58. The van der Waals surface area contributed by atoms with Crippen LogP contribution in [0.4, 0.5) is 10.6 Å². The predicted molar refractivity (Wildman–Crippen MR) is 99.1 cm³/mol. The highest BCUT2D eigenvalue weighted by Crippen LogP contribution is 2.27. The normalized spacial score (nSPS) is 10.8. The number of nitrogens with zero attached hydrogens (tertiary/aromatic N) is 4. The number of ether oxygens (including phenoxy) is 1. The Morgan fingerprint density at radius 3 is 2.81 bits per heavy atom. The van der Waals surface area contributed by atoms with E-state index in [4.69, 9.17) is 9.26 Å². The van der Waals surface area contributed by atoms with Crippen molar-refractivity contribution in [3.8, 4) is 11.3 Å². The van der Waals surface area contributed by atoms with Gasteiger partial charge in [0.2, 0.25) is 5.89 Å². The van der Waals surface area contributed by atoms with E-state index in [-0.39, 0.29) is 6.03 Å². The van der Waals surface area contributed by atoms with Crippen LogP contribution in [0.25, 0.3) is 11.3 Å². The van der Waals surface area contributed by atoms with Gasteiger partial charge in [0.1, 0.15) is 12.4 Å². The van der Waals surface area contributed by atoms with Gasteiger partial charge in [-0.05, 0) is 6.92 Å². The number of nitrogens with one attached hydrogen (secondary N) is 2. The van der Waals surface area contributed by atoms with Crippen molar-refractivity contribution in [1.29, 1.82) is 0 Å². The Labute approximate surface area is 156 Å². The van der Waals surface area contributed by atoms with Crippen LogP contribution in [0.15, 0.2) is 34.9 Å². The first kappa shape index (κ1) is 18.6. The van der Waals surface area contributed by atoms with E-state index in [2.05, 4.69) is 25.9 Å². The maximum atomic E-state index is 12.2. The fourth-order valence-corrected chi connectivity index (χ4v) is 2.69. The molecule has 0 saturated heterocycles. The third kappa shape index (κ3) is 4.50. The highest BCUT2D eigenvalue weighted by Gasteiger charge is 2.16. The third-order valence-corrected chi connectivity index (χ3v) is 3.97. The number of aromatic nitrogens is 4. The van der Waals surface area contributed by atoms with Gasteiger partial charge in [-0.25, -0.2) is 4.79 Å². The van der Waals surface area contributed by atoms with Crippen molar-refractivity contribution >= 4 is 11.8 Å². The van der Waals surface area contributed by atoms with Crippen LogP contribution in [0.2, 0.25) is 0 Å². The first-order chi connectivity index (χ1) is 13.1. The van der Waals surface area contributed by atoms with Crippen molar-refractivity contribution in [2.75, 3.05) is 19.0 Å². The highest BCUT2D eigenvalue weighted by atomic mass is 16.5. The molecule has 2 N–H and O–H groups in total. The molecule has 0 aliphatic rings. The molecule has 142 valence electrons. The Kier molecular flexibility index (Phi) is 5.82. The number of methoxy groups -OCH3 is 1. The van der Waals surface area contributed by atoms with Gasteiger partial charge in [-0.3, -0.25) is 10.00 Å². The lowest BCUT2D eigenvalue weighted by Gasteiger charge is -2.08. The van der Waals surface area contributed by atoms with Gasteiger partial charge in [0.05, 0.1) is 5.69 Å². The lowest BCUT2D eigenvalue weighted by molar-refractivity contribution is 0.174. The monoisotopic (exact) mass is 370 g/mol. The van der Waals surface area contributed by atoms with Gasteiger partial charge in [-0.2, -0.15) is 10.1 Å². The fraction of sp³-hybridized carbons (Fsp3) is 0.333. The van der Waals surface area contributed by atoms with E-state index in [1.807, 2.05) is 37.3 Å². The summed E-state index contributed by atoms with van der Waals surface area (Å²) in [6.45, 7) is 2.59. The second-order valence-electron chi connectivity index (χ2n) is 5.98. The number of benzene rings is 1. The van der Waals surface area contributed by atoms with Crippen LogP contribution in [0.5, 0.6) is 0 Å². The van der Waals surface area contributed by atoms with E-state index in [1.54, 1.807) is 18.8 Å². The molecular weight excluding hydrogens is 348 g/mol. The number of hydrogen-bond acceptors (Lipinski definition) is 6. The molecule has 2 aromatic heterocycles. The van der Waals surface area contributed by atoms with Gasteiger partial charge in [0, 0.05) is 38.2 Å². The van der Waals surface area contributed by atoms with Crippen molar-refractivity contribution < 1.29 is 14.1 Å². The van der Waals surface area contributed by atoms with Gasteiger partial charge >= 0.3 is 6.03 Å². The zero-order valence-corrected chi connectivity index (χ0v) is 15.5. The summed E-state index contributed by atoms with van der Waals surface area (Å²) in [5.41, 5.74) is 2.74. The smallest absolute Gasteiger partial charge is 0.320 e. The van der Waals surface area contributed by atoms with E-state index in [0.717, 1.165) is 16.8 Å². The molecule has 0 radical (unpaired) electrons. The number of carbonyl (C=O) groups excluding carboxylic acids is 1. The molecule has 2 heterocycles. The number of rotatable bonds is 7. The van der Waals surface area contributed by atoms with E-state index in [1.165, 1.54) is 0 Å². The number of hydrogen-bond donors (Lipinski definition) is 2. The Balaban J connectivity index is 1.57. The summed E-state index contributed by atoms with van der Waals surface area (Å²) in [4.78, 5) is 16.4. The second kappa shape index (κ2) is 8.45. The quantitative estimate of drug-likeness (QED) is 0.661. The van der Waals surface area contributed by atoms with Crippen molar-refractivity contribution in [2.45, 2.75) is 20.0 Å². The van der Waals surface area contributed by atoms with Crippen LogP contribution in [0.1, 0.15) is 17.3 Å². The molecule has 0 aliphatic heterocycles. The summed E-state index contributed by atoms with van der Waals surface area (Å²) >= 11 is 0. The third-order valence-electron chi connectivity index (χ3n) is 3.97. The summed E-state index contributed by atoms with van der Waals surface area (Å²) in [6, 6.07) is 9.52. The lowest BCUT2D eigenvalue weighted by Crippen LogP contribution is -2.31. The van der Waals surface area contributed by atoms with Gasteiger partial charge in [-0.15, -0.1) is 0 Å². The molecule has 1 aromatic carbocycles. The van der Waals surface area contributed by atoms with E-state index < -0.39 is 0 Å². The molecule has 9 nitrogen and oxygen atoms in total. The van der Waals surface area contributed by atoms with Crippen molar-refractivity contribution in [2.24, 2.45) is 7.05 Å². The van der Waals surface area contributed by atoms with E-state index in [9.17, 15) is 4.79 Å². The molecule has 9 heteroatoms. The van der Waals surface area contributed by atoms with Crippen LogP contribution >= 0.6 is 0 Å². The molecule has 0 spiro atoms. The van der Waals surface area contributed by atoms with Gasteiger partial charge in [0.15, 0.2) is 5.82 Å². The van der Waals surface area contributed by atoms with E-state index in [0.29, 0.717) is 37.1 Å². The Bertz CT molecular complexity index is 903. The lowest BCUT2D eigenvalue weighted by atomic mass is 10.1. The second-order valence-corrected chi connectivity index (χ2v) is 5.98. The van der Waals surface area contributed by atoms with Crippen LogP contribution in [-0.2, 0) is 24.8 Å². The number of urea groups is 1. The summed E-state index contributed by atoms with van der Waals surface area (Å²) in [7, 11) is 3.36. The molecule has 0 bridgehead atoms. The van der Waals surface area contributed by atoms with Crippen LogP contribution in [-0.4, -0.2) is 39.6 Å². The average Bonchev–Trinajstić information content (AvgIpc) is 3.22.